The molecule has 2 aliphatic rings. The maximum Gasteiger partial charge on any atom is 0.219 e. The maximum absolute atomic E-state index is 13.5. The molecular weight excluding hydrogens is 364 g/mol. The number of methoxy groups -OCH3 is 2. The molecule has 7 heteroatoms. The van der Waals surface area contributed by atoms with E-state index in [4.69, 9.17) is 25.8 Å². The molecule has 1 heterocycles. The first-order valence-electron chi connectivity index (χ1n) is 7.80. The van der Waals surface area contributed by atoms with Gasteiger partial charge in [0.1, 0.15) is 22.1 Å². The van der Waals surface area contributed by atoms with E-state index in [0.29, 0.717) is 27.5 Å². The van der Waals surface area contributed by atoms with Crippen LogP contribution >= 0.6 is 23.4 Å². The molecule has 0 radical (unpaired) electrons. The van der Waals surface area contributed by atoms with Crippen molar-refractivity contribution in [3.63, 3.8) is 0 Å². The highest BCUT2D eigenvalue weighted by Gasteiger charge is 2.58. The lowest BCUT2D eigenvalue weighted by atomic mass is 9.76. The number of ketones is 2. The fourth-order valence-corrected chi connectivity index (χ4v) is 4.90. The minimum Gasteiger partial charge on any atom is -0.495 e. The number of allylic oxidation sites excluding steroid dienone is 1. The van der Waals surface area contributed by atoms with Gasteiger partial charge in [-0.05, 0) is 19.3 Å². The lowest BCUT2D eigenvalue weighted by Gasteiger charge is -2.37. The Morgan fingerprint density at radius 1 is 1.28 bits per heavy atom. The van der Waals surface area contributed by atoms with Crippen molar-refractivity contribution in [1.82, 2.24) is 0 Å². The van der Waals surface area contributed by atoms with Gasteiger partial charge in [-0.25, -0.2) is 0 Å². The predicted molar refractivity (Wildman–Crippen MR) is 97.4 cm³/mol. The summed E-state index contributed by atoms with van der Waals surface area (Å²) in [5, 5.41) is 0.241. The second kappa shape index (κ2) is 6.25. The number of halogens is 1. The minimum atomic E-state index is -1.24. The number of carbonyl (C=O) groups is 2. The predicted octanol–water partition coefficient (Wildman–Crippen LogP) is 3.84. The number of thioether (sulfide) groups is 1. The van der Waals surface area contributed by atoms with Crippen LogP contribution in [0, 0.1) is 12.8 Å². The van der Waals surface area contributed by atoms with Crippen molar-refractivity contribution < 1.29 is 23.8 Å². The van der Waals surface area contributed by atoms with Crippen molar-refractivity contribution in [2.75, 3.05) is 20.5 Å². The summed E-state index contributed by atoms with van der Waals surface area (Å²) >= 11 is 7.81. The highest BCUT2D eigenvalue weighted by atomic mass is 35.5. The SMILES string of the molecule is COc1c(C)c(OC)c2c(c1Cl)O[C@]1(C2=O)C(SC)=CC(=O)C[C@H]1C. The molecule has 0 saturated carbocycles. The normalized spacial score (nSPS) is 24.9. The number of hydrogen-bond donors (Lipinski definition) is 0. The summed E-state index contributed by atoms with van der Waals surface area (Å²) in [6, 6.07) is 0. The molecule has 1 aliphatic carbocycles. The third-order valence-corrected chi connectivity index (χ3v) is 6.05. The third kappa shape index (κ3) is 2.30. The van der Waals surface area contributed by atoms with Crippen molar-refractivity contribution in [2.45, 2.75) is 25.9 Å². The van der Waals surface area contributed by atoms with Gasteiger partial charge >= 0.3 is 0 Å². The summed E-state index contributed by atoms with van der Waals surface area (Å²) in [7, 11) is 3.00. The van der Waals surface area contributed by atoms with Crippen LogP contribution in [0.2, 0.25) is 5.02 Å². The van der Waals surface area contributed by atoms with Crippen LogP contribution < -0.4 is 14.2 Å². The monoisotopic (exact) mass is 382 g/mol. The summed E-state index contributed by atoms with van der Waals surface area (Å²) < 4.78 is 17.1. The number of hydrogen-bond acceptors (Lipinski definition) is 6. The molecule has 1 aromatic carbocycles. The summed E-state index contributed by atoms with van der Waals surface area (Å²) in [5.41, 5.74) is -0.297. The van der Waals surface area contributed by atoms with Crippen LogP contribution in [-0.2, 0) is 4.79 Å². The second-order valence-electron chi connectivity index (χ2n) is 6.16. The Labute approximate surface area is 155 Å². The van der Waals surface area contributed by atoms with Gasteiger partial charge < -0.3 is 14.2 Å². The molecule has 1 aromatic rings. The number of Topliss-reactive ketones (excluding diaryl/α,β-unsaturated/α-hetero) is 1. The summed E-state index contributed by atoms with van der Waals surface area (Å²) in [6.45, 7) is 3.62. The van der Waals surface area contributed by atoms with Crippen LogP contribution in [0.15, 0.2) is 11.0 Å². The van der Waals surface area contributed by atoms with Crippen molar-refractivity contribution in [1.29, 1.82) is 0 Å². The molecule has 25 heavy (non-hydrogen) atoms. The fourth-order valence-electron chi connectivity index (χ4n) is 3.66. The molecule has 0 aromatic heterocycles. The molecule has 0 fully saturated rings. The highest BCUT2D eigenvalue weighted by molar-refractivity contribution is 8.02. The molecule has 2 atom stereocenters. The van der Waals surface area contributed by atoms with E-state index < -0.39 is 5.60 Å². The molecule has 0 unspecified atom stereocenters. The number of fused-ring (bicyclic) bond motifs is 1. The Bertz CT molecular complexity index is 816. The van der Waals surface area contributed by atoms with Crippen LogP contribution in [0.5, 0.6) is 17.2 Å². The van der Waals surface area contributed by atoms with Crippen molar-refractivity contribution in [3.05, 3.63) is 27.1 Å². The first-order chi connectivity index (χ1) is 11.8. The zero-order valence-electron chi connectivity index (χ0n) is 14.7. The zero-order valence-corrected chi connectivity index (χ0v) is 16.3. The van der Waals surface area contributed by atoms with Gasteiger partial charge in [0.2, 0.25) is 11.4 Å². The largest absolute Gasteiger partial charge is 0.495 e. The number of rotatable bonds is 3. The minimum absolute atomic E-state index is 0.0124. The smallest absolute Gasteiger partial charge is 0.219 e. The molecule has 5 nitrogen and oxygen atoms in total. The molecule has 0 N–H and O–H groups in total. The van der Waals surface area contributed by atoms with Gasteiger partial charge in [-0.1, -0.05) is 18.5 Å². The van der Waals surface area contributed by atoms with Gasteiger partial charge in [-0.2, -0.15) is 0 Å². The Hall–Kier alpha value is -1.66. The lowest BCUT2D eigenvalue weighted by Crippen LogP contribution is -2.50. The molecule has 1 aliphatic heterocycles. The van der Waals surface area contributed by atoms with Crippen LogP contribution in [0.1, 0.15) is 29.3 Å². The summed E-state index contributed by atoms with van der Waals surface area (Å²) in [6.07, 6.45) is 3.56. The Morgan fingerprint density at radius 3 is 2.48 bits per heavy atom. The van der Waals surface area contributed by atoms with E-state index >= 15 is 0 Å². The molecule has 134 valence electrons. The summed E-state index contributed by atoms with van der Waals surface area (Å²) in [4.78, 5) is 26.0. The van der Waals surface area contributed by atoms with Gasteiger partial charge in [0.05, 0.1) is 14.2 Å². The Balaban J connectivity index is 2.31. The van der Waals surface area contributed by atoms with E-state index in [1.807, 2.05) is 13.2 Å². The van der Waals surface area contributed by atoms with E-state index in [2.05, 4.69) is 0 Å². The Morgan fingerprint density at radius 2 is 1.92 bits per heavy atom. The molecular formula is C18H19ClO5S. The summed E-state index contributed by atoms with van der Waals surface area (Å²) in [5.74, 6) is 0.500. The first-order valence-corrected chi connectivity index (χ1v) is 9.40. The molecule has 1 spiro atoms. The average Bonchev–Trinajstić information content (AvgIpc) is 2.87. The standard InChI is InChI=1S/C18H19ClO5S/c1-8-6-10(20)7-11(25-5)18(8)17(21)12-14(22-3)9(2)15(23-4)13(19)16(12)24-18/h7-8H,6H2,1-5H3/t8-,18+/m1/s1. The topological polar surface area (TPSA) is 61.8 Å². The van der Waals surface area contributed by atoms with Gasteiger partial charge in [-0.15, -0.1) is 11.8 Å². The van der Waals surface area contributed by atoms with E-state index in [0.717, 1.165) is 0 Å². The van der Waals surface area contributed by atoms with Crippen molar-refractivity contribution in [3.8, 4) is 17.2 Å². The molecule has 0 bridgehead atoms. The van der Waals surface area contributed by atoms with E-state index in [1.54, 1.807) is 6.92 Å². The maximum atomic E-state index is 13.5. The number of carbonyl (C=O) groups excluding carboxylic acids is 2. The van der Waals surface area contributed by atoms with Gasteiger partial charge in [0.15, 0.2) is 11.5 Å². The fraction of sp³-hybridized carbons (Fsp3) is 0.444. The number of ether oxygens (including phenoxy) is 3. The molecule has 0 amide bonds. The van der Waals surface area contributed by atoms with Crippen molar-refractivity contribution >= 4 is 34.9 Å². The van der Waals surface area contributed by atoms with Crippen LogP contribution in [0.4, 0.5) is 0 Å². The van der Waals surface area contributed by atoms with Crippen LogP contribution in [-0.4, -0.2) is 37.6 Å². The lowest BCUT2D eigenvalue weighted by molar-refractivity contribution is -0.117. The quantitative estimate of drug-likeness (QED) is 0.791. The average molecular weight is 383 g/mol. The zero-order chi connectivity index (χ0) is 18.5. The van der Waals surface area contributed by atoms with Crippen molar-refractivity contribution in [2.24, 2.45) is 5.92 Å². The number of benzene rings is 1. The first kappa shape index (κ1) is 18.1. The molecule has 3 rings (SSSR count). The van der Waals surface area contributed by atoms with Gasteiger partial charge in [0.25, 0.3) is 0 Å². The van der Waals surface area contributed by atoms with E-state index in [9.17, 15) is 9.59 Å². The second-order valence-corrected chi connectivity index (χ2v) is 7.39. The third-order valence-electron chi connectivity index (χ3n) is 4.85. The van der Waals surface area contributed by atoms with Gasteiger partial charge in [-0.3, -0.25) is 9.59 Å². The van der Waals surface area contributed by atoms with Crippen LogP contribution in [0.3, 0.4) is 0 Å². The Kier molecular flexibility index (Phi) is 4.54. The molecule has 0 saturated heterocycles. The highest BCUT2D eigenvalue weighted by Crippen LogP contribution is 2.57. The van der Waals surface area contributed by atoms with E-state index in [1.165, 1.54) is 32.1 Å². The van der Waals surface area contributed by atoms with E-state index in [-0.39, 0.29) is 34.7 Å². The van der Waals surface area contributed by atoms with Crippen LogP contribution in [0.25, 0.3) is 0 Å². The van der Waals surface area contributed by atoms with Gasteiger partial charge in [0, 0.05) is 22.8 Å².